The summed E-state index contributed by atoms with van der Waals surface area (Å²) in [6, 6.07) is 33.5. The molecule has 1 saturated carbocycles. The summed E-state index contributed by atoms with van der Waals surface area (Å²) in [5, 5.41) is 20.4. The van der Waals surface area contributed by atoms with Crippen LogP contribution in [0.15, 0.2) is 113 Å². The molecule has 39 heavy (non-hydrogen) atoms. The van der Waals surface area contributed by atoms with Crippen LogP contribution in [-0.4, -0.2) is 22.4 Å². The van der Waals surface area contributed by atoms with E-state index in [0.29, 0.717) is 24.5 Å². The van der Waals surface area contributed by atoms with Gasteiger partial charge in [0.05, 0.1) is 18.0 Å². The van der Waals surface area contributed by atoms with E-state index in [9.17, 15) is 9.90 Å². The summed E-state index contributed by atoms with van der Waals surface area (Å²) in [6.07, 6.45) is 0.663. The predicted molar refractivity (Wildman–Crippen MR) is 147 cm³/mol. The molecule has 1 N–H and O–H groups in total. The molecule has 0 saturated heterocycles. The van der Waals surface area contributed by atoms with Crippen LogP contribution < -0.4 is 9.47 Å². The number of para-hydroxylation sites is 1. The highest BCUT2D eigenvalue weighted by molar-refractivity contribution is 5.95. The molecular weight excluding hydrogens is 490 g/mol. The number of fused-ring (bicyclic) bond motifs is 2. The van der Waals surface area contributed by atoms with Crippen LogP contribution in [0.25, 0.3) is 10.9 Å². The fourth-order valence-electron chi connectivity index (χ4n) is 5.76. The van der Waals surface area contributed by atoms with Gasteiger partial charge in [0, 0.05) is 10.8 Å². The Hall–Kier alpha value is -4.91. The van der Waals surface area contributed by atoms with Gasteiger partial charge in [-0.1, -0.05) is 84.9 Å². The van der Waals surface area contributed by atoms with Gasteiger partial charge in [0.2, 0.25) is 12.7 Å². The van der Waals surface area contributed by atoms with Crippen LogP contribution in [0.5, 0.6) is 17.4 Å². The number of azo groups is 1. The van der Waals surface area contributed by atoms with Gasteiger partial charge in [0.1, 0.15) is 0 Å². The number of carbonyl (C=O) groups is 1. The molecule has 1 atom stereocenters. The summed E-state index contributed by atoms with van der Waals surface area (Å²) in [7, 11) is 0. The Morgan fingerprint density at radius 2 is 1.54 bits per heavy atom. The lowest BCUT2D eigenvalue weighted by atomic mass is 9.85. The summed E-state index contributed by atoms with van der Waals surface area (Å²) in [5.74, 6) is 0.720. The van der Waals surface area contributed by atoms with E-state index in [1.165, 1.54) is 0 Å². The van der Waals surface area contributed by atoms with Gasteiger partial charge in [0.25, 0.3) is 5.91 Å². The molecule has 2 aliphatic rings. The Labute approximate surface area is 225 Å². The zero-order chi connectivity index (χ0) is 26.4. The standard InChI is InChI=1S/C32H25N3O4/c36-30(25-18-32(25,22-9-3-1-4-10-22)23-11-5-2-6-12-23)34-33-29-24-13-7-8-14-26(24)35(31(29)37)19-21-15-16-27-28(17-21)39-20-38-27/h1-17,25,37H,18-20H2. The van der Waals surface area contributed by atoms with E-state index in [1.807, 2.05) is 78.9 Å². The zero-order valence-electron chi connectivity index (χ0n) is 21.0. The third-order valence-corrected chi connectivity index (χ3v) is 7.78. The number of hydrogen-bond acceptors (Lipinski definition) is 5. The topological polar surface area (TPSA) is 85.4 Å². The van der Waals surface area contributed by atoms with Crippen LogP contribution >= 0.6 is 0 Å². The summed E-state index contributed by atoms with van der Waals surface area (Å²) in [4.78, 5) is 13.4. The van der Waals surface area contributed by atoms with Crippen LogP contribution in [0.2, 0.25) is 0 Å². The Bertz CT molecular complexity index is 1690. The molecule has 4 aromatic carbocycles. The molecule has 1 aliphatic carbocycles. The van der Waals surface area contributed by atoms with Crippen molar-refractivity contribution < 1.29 is 19.4 Å². The summed E-state index contributed by atoms with van der Waals surface area (Å²) in [5.41, 5.74) is 3.77. The first-order valence-corrected chi connectivity index (χ1v) is 12.9. The van der Waals surface area contributed by atoms with E-state index in [1.54, 1.807) is 4.57 Å². The Kier molecular flexibility index (Phi) is 5.44. The van der Waals surface area contributed by atoms with Crippen molar-refractivity contribution in [1.29, 1.82) is 0 Å². The van der Waals surface area contributed by atoms with Gasteiger partial charge in [-0.2, -0.15) is 0 Å². The third-order valence-electron chi connectivity index (χ3n) is 7.78. The van der Waals surface area contributed by atoms with Gasteiger partial charge >= 0.3 is 0 Å². The lowest BCUT2D eigenvalue weighted by Crippen LogP contribution is -2.16. The number of carbonyl (C=O) groups excluding carboxylic acids is 1. The first-order chi connectivity index (χ1) is 19.1. The van der Waals surface area contributed by atoms with Crippen molar-refractivity contribution in [2.24, 2.45) is 16.1 Å². The molecule has 7 heteroatoms. The highest BCUT2D eigenvalue weighted by Gasteiger charge is 2.60. The van der Waals surface area contributed by atoms with Crippen molar-refractivity contribution in [3.8, 4) is 17.4 Å². The Morgan fingerprint density at radius 1 is 0.872 bits per heavy atom. The highest BCUT2D eigenvalue weighted by atomic mass is 16.7. The van der Waals surface area contributed by atoms with Crippen molar-refractivity contribution in [1.82, 2.24) is 4.57 Å². The summed E-state index contributed by atoms with van der Waals surface area (Å²) < 4.78 is 12.7. The van der Waals surface area contributed by atoms with Crippen molar-refractivity contribution in [2.75, 3.05) is 6.79 Å². The number of aromatic hydroxyl groups is 1. The van der Waals surface area contributed by atoms with Crippen LogP contribution in [0.4, 0.5) is 5.69 Å². The highest BCUT2D eigenvalue weighted by Crippen LogP contribution is 2.59. The molecule has 2 heterocycles. The fraction of sp³-hybridized carbons (Fsp3) is 0.156. The molecule has 0 bridgehead atoms. The molecule has 1 amide bonds. The molecule has 5 aromatic rings. The lowest BCUT2D eigenvalue weighted by Gasteiger charge is -2.17. The van der Waals surface area contributed by atoms with Gasteiger partial charge in [-0.15, -0.1) is 10.2 Å². The zero-order valence-corrected chi connectivity index (χ0v) is 21.0. The van der Waals surface area contributed by atoms with E-state index in [-0.39, 0.29) is 30.2 Å². The maximum Gasteiger partial charge on any atom is 0.269 e. The van der Waals surface area contributed by atoms with E-state index in [4.69, 9.17) is 9.47 Å². The molecule has 1 aromatic heterocycles. The van der Waals surface area contributed by atoms with Crippen molar-refractivity contribution in [2.45, 2.75) is 18.4 Å². The second kappa shape index (κ2) is 9.13. The minimum absolute atomic E-state index is 0.0430. The molecule has 7 rings (SSSR count). The van der Waals surface area contributed by atoms with E-state index >= 15 is 0 Å². The van der Waals surface area contributed by atoms with Gasteiger partial charge in [-0.25, -0.2) is 0 Å². The molecule has 7 nitrogen and oxygen atoms in total. The number of aromatic nitrogens is 1. The Balaban J connectivity index is 1.21. The Morgan fingerprint density at radius 3 is 2.28 bits per heavy atom. The molecule has 192 valence electrons. The van der Waals surface area contributed by atoms with Gasteiger partial charge in [0.15, 0.2) is 17.2 Å². The normalized spacial score (nSPS) is 17.1. The van der Waals surface area contributed by atoms with Crippen LogP contribution in [0.3, 0.4) is 0 Å². The molecule has 1 unspecified atom stereocenters. The maximum atomic E-state index is 13.4. The number of amides is 1. The summed E-state index contributed by atoms with van der Waals surface area (Å²) in [6.45, 7) is 0.589. The van der Waals surface area contributed by atoms with Crippen LogP contribution in [0.1, 0.15) is 23.1 Å². The molecular formula is C32H25N3O4. The van der Waals surface area contributed by atoms with Crippen LogP contribution in [-0.2, 0) is 16.8 Å². The maximum absolute atomic E-state index is 13.4. The van der Waals surface area contributed by atoms with E-state index < -0.39 is 5.41 Å². The number of benzene rings is 4. The molecule has 1 fully saturated rings. The number of hydrogen-bond donors (Lipinski definition) is 1. The van der Waals surface area contributed by atoms with Crippen molar-refractivity contribution in [3.05, 3.63) is 120 Å². The monoisotopic (exact) mass is 515 g/mol. The van der Waals surface area contributed by atoms with Crippen molar-refractivity contribution >= 4 is 22.5 Å². The molecule has 1 aliphatic heterocycles. The quantitative estimate of drug-likeness (QED) is 0.254. The SMILES string of the molecule is O=C(N=Nc1c(O)n(Cc2ccc3c(c2)OCO3)c2ccccc12)C1CC1(c1ccccc1)c1ccccc1. The third kappa shape index (κ3) is 3.85. The second-order valence-corrected chi connectivity index (χ2v) is 9.96. The second-order valence-electron chi connectivity index (χ2n) is 9.96. The van der Waals surface area contributed by atoms with Gasteiger partial charge in [-0.3, -0.25) is 4.79 Å². The lowest BCUT2D eigenvalue weighted by molar-refractivity contribution is -0.119. The van der Waals surface area contributed by atoms with Gasteiger partial charge in [-0.05, 0) is 41.3 Å². The minimum Gasteiger partial charge on any atom is -0.493 e. The fourth-order valence-corrected chi connectivity index (χ4v) is 5.76. The van der Waals surface area contributed by atoms with E-state index in [2.05, 4.69) is 34.5 Å². The van der Waals surface area contributed by atoms with Crippen molar-refractivity contribution in [3.63, 3.8) is 0 Å². The average molecular weight is 516 g/mol. The van der Waals surface area contributed by atoms with Gasteiger partial charge < -0.3 is 19.1 Å². The molecule has 0 radical (unpaired) electrons. The number of ether oxygens (including phenoxy) is 2. The molecule has 0 spiro atoms. The average Bonchev–Trinajstić information content (AvgIpc) is 3.49. The first kappa shape index (κ1) is 23.2. The summed E-state index contributed by atoms with van der Waals surface area (Å²) >= 11 is 0. The number of nitrogens with zero attached hydrogens (tertiary/aromatic N) is 3. The smallest absolute Gasteiger partial charge is 0.269 e. The predicted octanol–water partition coefficient (Wildman–Crippen LogP) is 6.74. The van der Waals surface area contributed by atoms with E-state index in [0.717, 1.165) is 27.6 Å². The minimum atomic E-state index is -0.423. The number of rotatable bonds is 6. The first-order valence-electron chi connectivity index (χ1n) is 12.9. The van der Waals surface area contributed by atoms with Crippen LogP contribution in [0, 0.1) is 5.92 Å². The largest absolute Gasteiger partial charge is 0.493 e.